The number of nitro groups is 1. The van der Waals surface area contributed by atoms with Gasteiger partial charge in [0.05, 0.1) is 41.4 Å². The van der Waals surface area contributed by atoms with Crippen molar-refractivity contribution in [1.29, 1.82) is 5.26 Å². The molecule has 1 aliphatic heterocycles. The number of oxime groups is 1. The molecular weight excluding hydrogens is 936 g/mol. The molecule has 374 valence electrons. The van der Waals surface area contributed by atoms with E-state index in [2.05, 4.69) is 36.9 Å². The van der Waals surface area contributed by atoms with Crippen LogP contribution < -0.4 is 9.47 Å². The molecule has 5 aromatic carbocycles. The lowest BCUT2D eigenvalue weighted by Crippen LogP contribution is -2.70. The van der Waals surface area contributed by atoms with Crippen LogP contribution >= 0.6 is 11.8 Å². The molecule has 0 saturated heterocycles. The second-order valence-corrected chi connectivity index (χ2v) is 19.4. The highest BCUT2D eigenvalue weighted by molar-refractivity contribution is 7.99. The van der Waals surface area contributed by atoms with Crippen molar-refractivity contribution in [1.82, 2.24) is 4.90 Å². The van der Waals surface area contributed by atoms with Crippen molar-refractivity contribution in [3.63, 3.8) is 0 Å². The number of ether oxygens (including phenoxy) is 3. The number of allylic oxidation sites excluding steroid dienone is 1. The minimum absolute atomic E-state index is 0.00402. The first-order valence-electron chi connectivity index (χ1n) is 24.5. The third-order valence-electron chi connectivity index (χ3n) is 13.7. The summed E-state index contributed by atoms with van der Waals surface area (Å²) in [6.45, 7) is 4.59. The van der Waals surface area contributed by atoms with Gasteiger partial charge in [-0.15, -0.1) is 18.3 Å². The highest BCUT2D eigenvalue weighted by atomic mass is 32.2. The summed E-state index contributed by atoms with van der Waals surface area (Å²) in [5, 5.41) is 46.2. The molecule has 1 saturated carbocycles. The maximum absolute atomic E-state index is 15.4. The molecule has 0 aromatic heterocycles. The Labute approximate surface area is 423 Å². The second-order valence-electron chi connectivity index (χ2n) is 18.2. The number of rotatable bonds is 24. The first-order valence-corrected chi connectivity index (χ1v) is 25.4. The van der Waals surface area contributed by atoms with Crippen molar-refractivity contribution in [2.24, 2.45) is 22.9 Å². The van der Waals surface area contributed by atoms with Crippen LogP contribution in [0.25, 0.3) is 0 Å². The number of aliphatic hydroxyl groups is 2. The zero-order chi connectivity index (χ0) is 50.5. The fourth-order valence-corrected chi connectivity index (χ4v) is 11.2. The van der Waals surface area contributed by atoms with Crippen molar-refractivity contribution < 1.29 is 43.4 Å². The number of thioether (sulfide) groups is 1. The van der Waals surface area contributed by atoms with Crippen LogP contribution in [0.2, 0.25) is 0 Å². The number of hydrogen-bond donors (Lipinski definition) is 2. The number of halogens is 1. The average Bonchev–Trinajstić information content (AvgIpc) is 3.40. The van der Waals surface area contributed by atoms with Crippen LogP contribution in [0, 0.1) is 45.0 Å². The summed E-state index contributed by atoms with van der Waals surface area (Å²) in [4.78, 5) is 35.5. The van der Waals surface area contributed by atoms with E-state index < -0.39 is 34.4 Å². The Morgan fingerprint density at radius 2 is 1.68 bits per heavy atom. The molecule has 6 unspecified atom stereocenters. The topological polar surface area (TPSA) is 177 Å². The Hall–Kier alpha value is -6.83. The summed E-state index contributed by atoms with van der Waals surface area (Å²) >= 11 is 1.70. The van der Waals surface area contributed by atoms with Crippen LogP contribution in [0.4, 0.5) is 10.1 Å². The third kappa shape index (κ3) is 11.9. The number of carbonyl (C=O) groups excluding carboxylic acids is 1. The molecule has 0 radical (unpaired) electrons. The molecule has 1 heterocycles. The van der Waals surface area contributed by atoms with Crippen molar-refractivity contribution in [3.05, 3.63) is 189 Å². The summed E-state index contributed by atoms with van der Waals surface area (Å²) in [6, 6.07) is 35.6. The van der Waals surface area contributed by atoms with E-state index in [1.54, 1.807) is 71.3 Å². The summed E-state index contributed by atoms with van der Waals surface area (Å²) in [7, 11) is 0. The molecule has 2 N–H and O–H groups in total. The predicted octanol–water partition coefficient (Wildman–Crippen LogP) is 11.0. The fraction of sp³-hybridized carbons (Fsp3) is 0.351. The lowest BCUT2D eigenvalue weighted by Gasteiger charge is -2.60. The summed E-state index contributed by atoms with van der Waals surface area (Å²) < 4.78 is 35.6. The molecular formula is C57H59FN4O9S. The number of non-ortho nitro benzene ring substituents is 1. The maximum Gasteiger partial charge on any atom is 0.269 e. The molecule has 8 rings (SSSR count). The Morgan fingerprint density at radius 3 is 2.38 bits per heavy atom. The SMILES string of the molecule is C=CCOC12Oc3ccc(OCCSc4ccccc4)cc3C3C(CCCCO)C(CCCCO)C=C(C(=NOCc4ccc([N+](=O)[O-])cc4)CC1N(Cc1ccc(F)cc1)C(=O)c1ccc(C#N)cc1)C32. The zero-order valence-electron chi connectivity index (χ0n) is 40.0. The quantitative estimate of drug-likeness (QED) is 0.0198. The Bertz CT molecular complexity index is 2750. The zero-order valence-corrected chi connectivity index (χ0v) is 40.8. The minimum atomic E-state index is -1.60. The van der Waals surface area contributed by atoms with E-state index in [0.717, 1.165) is 41.7 Å². The molecule has 6 atom stereocenters. The third-order valence-corrected chi connectivity index (χ3v) is 14.7. The van der Waals surface area contributed by atoms with Gasteiger partial charge in [-0.1, -0.05) is 60.5 Å². The number of unbranched alkanes of at least 4 members (excludes halogenated alkanes) is 2. The molecule has 0 spiro atoms. The molecule has 13 nitrogen and oxygen atoms in total. The highest BCUT2D eigenvalue weighted by Gasteiger charge is 2.65. The fourth-order valence-electron chi connectivity index (χ4n) is 10.4. The summed E-state index contributed by atoms with van der Waals surface area (Å²) in [6.07, 6.45) is 8.12. The normalized spacial score (nSPS) is 21.3. The van der Waals surface area contributed by atoms with E-state index in [1.807, 2.05) is 30.3 Å². The number of nitro benzene ring substituents is 1. The van der Waals surface area contributed by atoms with Gasteiger partial charge in [0.1, 0.15) is 30.0 Å². The molecule has 1 amide bonds. The van der Waals surface area contributed by atoms with E-state index in [1.165, 1.54) is 24.3 Å². The Morgan fingerprint density at radius 1 is 0.958 bits per heavy atom. The monoisotopic (exact) mass is 994 g/mol. The van der Waals surface area contributed by atoms with E-state index in [-0.39, 0.29) is 62.8 Å². The number of benzene rings is 5. The molecule has 5 aromatic rings. The lowest BCUT2D eigenvalue weighted by molar-refractivity contribution is -0.384. The maximum atomic E-state index is 15.4. The smallest absolute Gasteiger partial charge is 0.269 e. The lowest BCUT2D eigenvalue weighted by atomic mass is 9.55. The van der Waals surface area contributed by atoms with Gasteiger partial charge in [0.15, 0.2) is 0 Å². The van der Waals surface area contributed by atoms with Crippen LogP contribution in [-0.4, -0.2) is 75.7 Å². The van der Waals surface area contributed by atoms with E-state index >= 15 is 4.79 Å². The second kappa shape index (κ2) is 24.5. The molecule has 15 heteroatoms. The number of hydrogen-bond acceptors (Lipinski definition) is 12. The standard InChI is InChI=1S/C57H59FN4O9S/c1-2-30-69-57-53(61(37-40-16-22-44(58)23-17-40)56(65)42-20-14-39(36-59)15-21-42)35-51(60-70-38-41-18-24-45(25-19-41)62(66)67)49-33-43(10-6-8-28-63)48(13-7-9-29-64)54(55(49)57)50-34-46(26-27-52(50)71-57)68-31-32-72-47-11-4-3-5-12-47/h2-5,11-12,14-27,33-34,43,48,53-55,63-64H,1,6-10,13,28-32,35,37-38H2. The number of nitrogens with zero attached hydrogens (tertiary/aromatic N) is 4. The number of carbonyl (C=O) groups is 1. The van der Waals surface area contributed by atoms with Crippen molar-refractivity contribution in [3.8, 4) is 17.6 Å². The number of fused-ring (bicyclic) bond motifs is 2. The van der Waals surface area contributed by atoms with Gasteiger partial charge < -0.3 is 34.2 Å². The van der Waals surface area contributed by atoms with Crippen molar-refractivity contribution in [2.75, 3.05) is 32.2 Å². The number of amides is 1. The van der Waals surface area contributed by atoms with E-state index in [9.17, 15) is 30.0 Å². The van der Waals surface area contributed by atoms with Crippen LogP contribution in [0.3, 0.4) is 0 Å². The van der Waals surface area contributed by atoms with E-state index in [0.29, 0.717) is 64.7 Å². The molecule has 2 aliphatic carbocycles. The molecule has 1 fully saturated rings. The predicted molar refractivity (Wildman–Crippen MR) is 273 cm³/mol. The van der Waals surface area contributed by atoms with Crippen LogP contribution in [0.5, 0.6) is 11.5 Å². The van der Waals surface area contributed by atoms with Crippen molar-refractivity contribution >= 4 is 29.1 Å². The van der Waals surface area contributed by atoms with Crippen molar-refractivity contribution in [2.45, 2.75) is 80.7 Å². The number of nitriles is 1. The largest absolute Gasteiger partial charge is 0.493 e. The molecule has 3 aliphatic rings. The number of aliphatic hydroxyl groups excluding tert-OH is 2. The molecule has 72 heavy (non-hydrogen) atoms. The van der Waals surface area contributed by atoms with Gasteiger partial charge in [-0.05, 0) is 133 Å². The molecule has 0 bridgehead atoms. The Balaban J connectivity index is 1.31. The van der Waals surface area contributed by atoms with Gasteiger partial charge in [0.25, 0.3) is 11.6 Å². The van der Waals surface area contributed by atoms with Crippen LogP contribution in [0.15, 0.2) is 156 Å². The van der Waals surface area contributed by atoms with E-state index in [4.69, 9.17) is 24.2 Å². The average molecular weight is 995 g/mol. The highest BCUT2D eigenvalue weighted by Crippen LogP contribution is 2.62. The van der Waals surface area contributed by atoms with Crippen LogP contribution in [-0.2, 0) is 22.7 Å². The first kappa shape index (κ1) is 51.5. The Kier molecular flexibility index (Phi) is 17.6. The minimum Gasteiger partial charge on any atom is -0.493 e. The summed E-state index contributed by atoms with van der Waals surface area (Å²) in [5.41, 5.74) is 4.19. The van der Waals surface area contributed by atoms with Gasteiger partial charge in [-0.2, -0.15) is 5.26 Å². The van der Waals surface area contributed by atoms with Gasteiger partial charge in [-0.25, -0.2) is 4.39 Å². The van der Waals surface area contributed by atoms with Crippen LogP contribution in [0.1, 0.15) is 83.5 Å². The van der Waals surface area contributed by atoms with Gasteiger partial charge >= 0.3 is 0 Å². The van der Waals surface area contributed by atoms with Gasteiger partial charge in [0, 0.05) is 66.0 Å². The first-order chi connectivity index (χ1) is 35.2. The van der Waals surface area contributed by atoms with Gasteiger partial charge in [-0.3, -0.25) is 14.9 Å². The van der Waals surface area contributed by atoms with Gasteiger partial charge in [0.2, 0.25) is 5.79 Å². The summed E-state index contributed by atoms with van der Waals surface area (Å²) in [5.74, 6) is -1.55.